The van der Waals surface area contributed by atoms with Gasteiger partial charge in [0.2, 0.25) is 5.91 Å². The summed E-state index contributed by atoms with van der Waals surface area (Å²) in [6.07, 6.45) is 0.858. The van der Waals surface area contributed by atoms with Crippen molar-refractivity contribution in [1.82, 2.24) is 25.4 Å². The predicted molar refractivity (Wildman–Crippen MR) is 107 cm³/mol. The minimum atomic E-state index is -0.289. The molecule has 0 saturated carbocycles. The van der Waals surface area contributed by atoms with Crippen molar-refractivity contribution in [2.24, 2.45) is 0 Å². The molecule has 2 aromatic carbocycles. The summed E-state index contributed by atoms with van der Waals surface area (Å²) in [7, 11) is 0. The molecule has 6 nitrogen and oxygen atoms in total. The Morgan fingerprint density at radius 1 is 1.07 bits per heavy atom. The van der Waals surface area contributed by atoms with Gasteiger partial charge in [-0.3, -0.25) is 4.79 Å². The van der Waals surface area contributed by atoms with Gasteiger partial charge in [0.25, 0.3) is 0 Å². The Labute approximate surface area is 164 Å². The molecule has 2 aliphatic rings. The van der Waals surface area contributed by atoms with E-state index in [4.69, 9.17) is 0 Å². The van der Waals surface area contributed by atoms with E-state index in [2.05, 4.69) is 49.7 Å². The highest BCUT2D eigenvalue weighted by atomic mass is 16.2. The summed E-state index contributed by atoms with van der Waals surface area (Å²) in [5.41, 5.74) is 4.43. The summed E-state index contributed by atoms with van der Waals surface area (Å²) in [5, 5.41) is 15.3. The van der Waals surface area contributed by atoms with Crippen LogP contribution in [0.5, 0.6) is 0 Å². The fourth-order valence-corrected chi connectivity index (χ4v) is 4.41. The molecule has 1 amide bonds. The summed E-state index contributed by atoms with van der Waals surface area (Å²) in [6.45, 7) is 4.61. The van der Waals surface area contributed by atoms with Crippen LogP contribution in [0.4, 0.5) is 0 Å². The lowest BCUT2D eigenvalue weighted by Gasteiger charge is -2.19. The zero-order chi connectivity index (χ0) is 19.1. The number of nitrogens with zero attached hydrogens (tertiary/aromatic N) is 3. The molecule has 28 heavy (non-hydrogen) atoms. The molecular weight excluding hydrogens is 350 g/mol. The van der Waals surface area contributed by atoms with E-state index in [0.717, 1.165) is 60.0 Å². The lowest BCUT2D eigenvalue weighted by Crippen LogP contribution is -2.33. The minimum Gasteiger partial charge on any atom is -0.346 e. The van der Waals surface area contributed by atoms with Crippen LogP contribution < -0.4 is 10.6 Å². The number of fused-ring (bicyclic) bond motifs is 4. The highest BCUT2D eigenvalue weighted by Crippen LogP contribution is 2.44. The number of nitrogens with one attached hydrogen (secondary N) is 2. The van der Waals surface area contributed by atoms with Gasteiger partial charge >= 0.3 is 0 Å². The maximum absolute atomic E-state index is 13.3. The van der Waals surface area contributed by atoms with Gasteiger partial charge < -0.3 is 15.2 Å². The number of amides is 1. The van der Waals surface area contributed by atoms with Gasteiger partial charge in [-0.2, -0.15) is 0 Å². The Bertz CT molecular complexity index is 995. The van der Waals surface area contributed by atoms with Crippen molar-refractivity contribution in [2.45, 2.75) is 31.8 Å². The van der Waals surface area contributed by atoms with Crippen molar-refractivity contribution in [2.75, 3.05) is 13.1 Å². The largest absolute Gasteiger partial charge is 0.346 e. The lowest BCUT2D eigenvalue weighted by atomic mass is 9.96. The van der Waals surface area contributed by atoms with Gasteiger partial charge in [-0.15, -0.1) is 10.2 Å². The first kappa shape index (κ1) is 17.1. The van der Waals surface area contributed by atoms with E-state index < -0.39 is 0 Å². The predicted octanol–water partition coefficient (Wildman–Crippen LogP) is 2.41. The molecule has 0 spiro atoms. The molecule has 2 N–H and O–H groups in total. The molecule has 2 heterocycles. The molecule has 0 radical (unpaired) electrons. The first-order chi connectivity index (χ1) is 13.7. The van der Waals surface area contributed by atoms with E-state index in [-0.39, 0.29) is 17.9 Å². The Morgan fingerprint density at radius 3 is 2.46 bits per heavy atom. The fraction of sp³-hybridized carbons (Fsp3) is 0.318. The standard InChI is InChI=1S/C22H23N5O/c1-14(21-26-25-19-10-11-23-12-13-27(19)21)24-22(28)20-17-8-4-2-6-15(17)16-7-3-5-9-18(16)20/h2-9,14,20,23H,10-13H2,1H3,(H,24,28)/t14-/m0/s1. The van der Waals surface area contributed by atoms with Gasteiger partial charge in [-0.05, 0) is 29.2 Å². The van der Waals surface area contributed by atoms with E-state index in [1.54, 1.807) is 0 Å². The van der Waals surface area contributed by atoms with Crippen LogP contribution in [-0.4, -0.2) is 33.8 Å². The van der Waals surface area contributed by atoms with Crippen molar-refractivity contribution in [3.8, 4) is 11.1 Å². The van der Waals surface area contributed by atoms with Crippen LogP contribution in [-0.2, 0) is 17.8 Å². The van der Waals surface area contributed by atoms with Crippen molar-refractivity contribution in [3.63, 3.8) is 0 Å². The third-order valence-corrected chi connectivity index (χ3v) is 5.74. The summed E-state index contributed by atoms with van der Waals surface area (Å²) in [5.74, 6) is 1.53. The highest BCUT2D eigenvalue weighted by molar-refractivity contribution is 5.96. The van der Waals surface area contributed by atoms with Crippen LogP contribution in [0.3, 0.4) is 0 Å². The number of hydrogen-bond donors (Lipinski definition) is 2. The molecular formula is C22H23N5O. The van der Waals surface area contributed by atoms with Crippen LogP contribution in [0.2, 0.25) is 0 Å². The number of rotatable bonds is 3. The Balaban J connectivity index is 1.44. The van der Waals surface area contributed by atoms with Crippen molar-refractivity contribution >= 4 is 5.91 Å². The monoisotopic (exact) mass is 373 g/mol. The Kier molecular flexibility index (Phi) is 4.20. The lowest BCUT2D eigenvalue weighted by molar-refractivity contribution is -0.122. The quantitative estimate of drug-likeness (QED) is 0.740. The third-order valence-electron chi connectivity index (χ3n) is 5.74. The maximum atomic E-state index is 13.3. The van der Waals surface area contributed by atoms with Crippen molar-refractivity contribution in [3.05, 3.63) is 71.3 Å². The molecule has 1 atom stereocenters. The molecule has 6 heteroatoms. The molecule has 1 aliphatic carbocycles. The summed E-state index contributed by atoms with van der Waals surface area (Å²) < 4.78 is 2.14. The number of benzene rings is 2. The van der Waals surface area contributed by atoms with Crippen LogP contribution in [0.1, 0.15) is 41.7 Å². The Morgan fingerprint density at radius 2 is 1.75 bits per heavy atom. The second-order valence-corrected chi connectivity index (χ2v) is 7.46. The smallest absolute Gasteiger partial charge is 0.232 e. The van der Waals surface area contributed by atoms with Gasteiger partial charge in [-0.1, -0.05) is 48.5 Å². The third kappa shape index (κ3) is 2.72. The average molecular weight is 373 g/mol. The molecule has 1 aromatic heterocycles. The van der Waals surface area contributed by atoms with Gasteiger partial charge in [0, 0.05) is 26.1 Å². The molecule has 0 unspecified atom stereocenters. The number of hydrogen-bond acceptors (Lipinski definition) is 4. The van der Waals surface area contributed by atoms with Crippen molar-refractivity contribution in [1.29, 1.82) is 0 Å². The SMILES string of the molecule is C[C@H](NC(=O)C1c2ccccc2-c2ccccc21)c1nnc2n1CCNCC2. The molecule has 0 fully saturated rings. The van der Waals surface area contributed by atoms with E-state index >= 15 is 0 Å². The first-order valence-corrected chi connectivity index (χ1v) is 9.85. The van der Waals surface area contributed by atoms with Crippen LogP contribution in [0.25, 0.3) is 11.1 Å². The van der Waals surface area contributed by atoms with Crippen LogP contribution >= 0.6 is 0 Å². The van der Waals surface area contributed by atoms with Gasteiger partial charge in [-0.25, -0.2) is 0 Å². The van der Waals surface area contributed by atoms with E-state index in [0.29, 0.717) is 0 Å². The molecule has 0 bridgehead atoms. The second kappa shape index (κ2) is 6.87. The molecule has 0 saturated heterocycles. The topological polar surface area (TPSA) is 71.8 Å². The summed E-state index contributed by atoms with van der Waals surface area (Å²) >= 11 is 0. The van der Waals surface area contributed by atoms with Gasteiger partial charge in [0.05, 0.1) is 12.0 Å². The van der Waals surface area contributed by atoms with Crippen molar-refractivity contribution < 1.29 is 4.79 Å². The zero-order valence-corrected chi connectivity index (χ0v) is 15.9. The van der Waals surface area contributed by atoms with Crippen LogP contribution in [0, 0.1) is 0 Å². The number of carbonyl (C=O) groups is 1. The first-order valence-electron chi connectivity index (χ1n) is 9.85. The fourth-order valence-electron chi connectivity index (χ4n) is 4.41. The normalized spacial score (nSPS) is 16.6. The molecule has 5 rings (SSSR count). The second-order valence-electron chi connectivity index (χ2n) is 7.46. The average Bonchev–Trinajstić information content (AvgIpc) is 3.18. The van der Waals surface area contributed by atoms with E-state index in [9.17, 15) is 4.79 Å². The molecule has 3 aromatic rings. The van der Waals surface area contributed by atoms with Crippen LogP contribution in [0.15, 0.2) is 48.5 Å². The Hall–Kier alpha value is -2.99. The van der Waals surface area contributed by atoms with Gasteiger partial charge in [0.1, 0.15) is 5.82 Å². The van der Waals surface area contributed by atoms with E-state index in [1.165, 1.54) is 0 Å². The number of carbonyl (C=O) groups excluding carboxylic acids is 1. The molecule has 142 valence electrons. The highest BCUT2D eigenvalue weighted by Gasteiger charge is 2.34. The minimum absolute atomic E-state index is 0.00833. The zero-order valence-electron chi connectivity index (χ0n) is 15.9. The molecule has 1 aliphatic heterocycles. The van der Waals surface area contributed by atoms with E-state index in [1.807, 2.05) is 31.2 Å². The maximum Gasteiger partial charge on any atom is 0.232 e. The number of aromatic nitrogens is 3. The summed E-state index contributed by atoms with van der Waals surface area (Å²) in [6, 6.07) is 16.1. The van der Waals surface area contributed by atoms with Gasteiger partial charge in [0.15, 0.2) is 5.82 Å². The summed E-state index contributed by atoms with van der Waals surface area (Å²) in [4.78, 5) is 13.3.